The molecule has 0 atom stereocenters. The fourth-order valence-corrected chi connectivity index (χ4v) is 1.36. The number of hydrogen-bond acceptors (Lipinski definition) is 2. The van der Waals surface area contributed by atoms with Gasteiger partial charge in [0.05, 0.1) is 5.69 Å². The maximum atomic E-state index is 12.7. The van der Waals surface area contributed by atoms with Gasteiger partial charge in [0.15, 0.2) is 0 Å². The number of nitrogens with one attached hydrogen (secondary N) is 1. The lowest BCUT2D eigenvalue weighted by Gasteiger charge is -2.05. The molecule has 1 heterocycles. The van der Waals surface area contributed by atoms with Gasteiger partial charge in [-0.05, 0) is 31.2 Å². The van der Waals surface area contributed by atoms with Crippen LogP contribution in [0.2, 0.25) is 0 Å². The van der Waals surface area contributed by atoms with Crippen LogP contribution in [0.25, 0.3) is 5.69 Å². The first kappa shape index (κ1) is 13.2. The lowest BCUT2D eigenvalue weighted by atomic mass is 10.3. The van der Waals surface area contributed by atoms with Crippen molar-refractivity contribution in [3.05, 3.63) is 62.7 Å². The molecule has 0 spiro atoms. The van der Waals surface area contributed by atoms with Crippen molar-refractivity contribution in [3.8, 4) is 5.69 Å². The molecule has 0 aliphatic carbocycles. The summed E-state index contributed by atoms with van der Waals surface area (Å²) >= 11 is 0. The summed E-state index contributed by atoms with van der Waals surface area (Å²) in [6, 6.07) is 5.44. The van der Waals surface area contributed by atoms with Crippen LogP contribution in [0.15, 0.2) is 40.1 Å². The van der Waals surface area contributed by atoms with E-state index in [0.717, 1.165) is 0 Å². The molecule has 2 aromatic rings. The Bertz CT molecular complexity index is 631. The van der Waals surface area contributed by atoms with E-state index < -0.39 is 11.2 Å². The molecule has 4 nitrogen and oxygen atoms in total. The van der Waals surface area contributed by atoms with Crippen LogP contribution < -0.4 is 11.2 Å². The number of rotatable bonds is 1. The number of halogens is 2. The van der Waals surface area contributed by atoms with Crippen molar-refractivity contribution in [2.75, 3.05) is 0 Å². The molecule has 0 unspecified atom stereocenters. The van der Waals surface area contributed by atoms with Gasteiger partial charge in [0, 0.05) is 11.8 Å². The summed E-state index contributed by atoms with van der Waals surface area (Å²) < 4.78 is 14.0. The zero-order valence-electron chi connectivity index (χ0n) is 8.94. The van der Waals surface area contributed by atoms with Gasteiger partial charge in [0.25, 0.3) is 5.56 Å². The van der Waals surface area contributed by atoms with Gasteiger partial charge in [0.1, 0.15) is 5.82 Å². The zero-order valence-corrected chi connectivity index (χ0v) is 9.75. The van der Waals surface area contributed by atoms with Crippen LogP contribution in [0.5, 0.6) is 0 Å². The topological polar surface area (TPSA) is 54.9 Å². The Morgan fingerprint density at radius 3 is 2.35 bits per heavy atom. The number of H-pyrrole nitrogens is 1. The highest BCUT2D eigenvalue weighted by Crippen LogP contribution is 2.05. The summed E-state index contributed by atoms with van der Waals surface area (Å²) in [5.74, 6) is -0.377. The average molecular weight is 257 g/mol. The lowest BCUT2D eigenvalue weighted by molar-refractivity contribution is 0.627. The van der Waals surface area contributed by atoms with E-state index in [0.29, 0.717) is 11.3 Å². The molecule has 0 saturated carbocycles. The van der Waals surface area contributed by atoms with Crippen molar-refractivity contribution >= 4 is 12.4 Å². The van der Waals surface area contributed by atoms with Crippen LogP contribution >= 0.6 is 12.4 Å². The van der Waals surface area contributed by atoms with E-state index in [2.05, 4.69) is 4.98 Å². The Hall–Kier alpha value is -1.88. The monoisotopic (exact) mass is 256 g/mol. The van der Waals surface area contributed by atoms with E-state index in [9.17, 15) is 14.0 Å². The van der Waals surface area contributed by atoms with E-state index in [1.165, 1.54) is 35.0 Å². The first-order valence-corrected chi connectivity index (χ1v) is 4.66. The number of aryl methyl sites for hydroxylation is 1. The fourth-order valence-electron chi connectivity index (χ4n) is 1.36. The van der Waals surface area contributed by atoms with Gasteiger partial charge in [-0.25, -0.2) is 9.18 Å². The number of benzene rings is 1. The van der Waals surface area contributed by atoms with Crippen molar-refractivity contribution in [2.45, 2.75) is 6.92 Å². The highest BCUT2D eigenvalue weighted by molar-refractivity contribution is 5.85. The van der Waals surface area contributed by atoms with Crippen molar-refractivity contribution in [1.82, 2.24) is 9.55 Å². The van der Waals surface area contributed by atoms with Crippen molar-refractivity contribution in [3.63, 3.8) is 0 Å². The number of hydrogen-bond donors (Lipinski definition) is 1. The van der Waals surface area contributed by atoms with Gasteiger partial charge in [0.2, 0.25) is 0 Å². The summed E-state index contributed by atoms with van der Waals surface area (Å²) in [5.41, 5.74) is -0.0276. The largest absolute Gasteiger partial charge is 0.332 e. The summed E-state index contributed by atoms with van der Waals surface area (Å²) in [6.07, 6.45) is 1.43. The maximum absolute atomic E-state index is 12.7. The molecule has 2 rings (SSSR count). The molecule has 0 saturated heterocycles. The minimum atomic E-state index is -0.540. The lowest BCUT2D eigenvalue weighted by Crippen LogP contribution is -2.29. The molecular formula is C11H10ClFN2O2. The molecule has 0 fully saturated rings. The highest BCUT2D eigenvalue weighted by atomic mass is 35.5. The first-order chi connectivity index (χ1) is 7.58. The van der Waals surface area contributed by atoms with Gasteiger partial charge >= 0.3 is 5.69 Å². The Morgan fingerprint density at radius 2 is 1.76 bits per heavy atom. The quantitative estimate of drug-likeness (QED) is 0.838. The molecule has 0 radical (unpaired) electrons. The van der Waals surface area contributed by atoms with Crippen LogP contribution in [0.4, 0.5) is 4.39 Å². The van der Waals surface area contributed by atoms with Crippen LogP contribution in [0, 0.1) is 12.7 Å². The first-order valence-electron chi connectivity index (χ1n) is 4.66. The highest BCUT2D eigenvalue weighted by Gasteiger charge is 2.02. The van der Waals surface area contributed by atoms with Gasteiger partial charge in [-0.15, -0.1) is 12.4 Å². The third-order valence-electron chi connectivity index (χ3n) is 2.22. The van der Waals surface area contributed by atoms with E-state index >= 15 is 0 Å². The number of nitrogens with zero attached hydrogens (tertiary/aromatic N) is 1. The molecule has 1 aromatic carbocycles. The molecule has 1 N–H and O–H groups in total. The number of aromatic amines is 1. The number of aromatic nitrogens is 2. The summed E-state index contributed by atoms with van der Waals surface area (Å²) in [6.45, 7) is 1.60. The minimum Gasteiger partial charge on any atom is -0.273 e. The van der Waals surface area contributed by atoms with Crippen molar-refractivity contribution < 1.29 is 4.39 Å². The Labute approximate surface area is 102 Å². The second-order valence-electron chi connectivity index (χ2n) is 3.42. The summed E-state index contributed by atoms with van der Waals surface area (Å²) in [5, 5.41) is 0. The third-order valence-corrected chi connectivity index (χ3v) is 2.22. The molecule has 0 aliphatic heterocycles. The average Bonchev–Trinajstić information content (AvgIpc) is 2.25. The molecule has 0 aliphatic rings. The van der Waals surface area contributed by atoms with Gasteiger partial charge in [-0.2, -0.15) is 0 Å². The van der Waals surface area contributed by atoms with Crippen molar-refractivity contribution in [1.29, 1.82) is 0 Å². The second kappa shape index (κ2) is 4.97. The van der Waals surface area contributed by atoms with E-state index in [-0.39, 0.29) is 18.2 Å². The molecule has 6 heteroatoms. The Morgan fingerprint density at radius 1 is 1.18 bits per heavy atom. The maximum Gasteiger partial charge on any atom is 0.332 e. The molecule has 1 aromatic heterocycles. The van der Waals surface area contributed by atoms with E-state index in [4.69, 9.17) is 0 Å². The summed E-state index contributed by atoms with van der Waals surface area (Å²) in [7, 11) is 0. The van der Waals surface area contributed by atoms with Crippen LogP contribution in [-0.2, 0) is 0 Å². The molecule has 17 heavy (non-hydrogen) atoms. The van der Waals surface area contributed by atoms with Crippen molar-refractivity contribution in [2.24, 2.45) is 0 Å². The summed E-state index contributed by atoms with van der Waals surface area (Å²) in [4.78, 5) is 24.8. The molecule has 0 amide bonds. The zero-order chi connectivity index (χ0) is 11.7. The van der Waals surface area contributed by atoms with Crippen LogP contribution in [-0.4, -0.2) is 9.55 Å². The second-order valence-corrected chi connectivity index (χ2v) is 3.42. The van der Waals surface area contributed by atoms with E-state index in [1.54, 1.807) is 6.92 Å². The molecular weight excluding hydrogens is 247 g/mol. The minimum absolute atomic E-state index is 0. The smallest absolute Gasteiger partial charge is 0.273 e. The molecule has 90 valence electrons. The van der Waals surface area contributed by atoms with Gasteiger partial charge in [-0.1, -0.05) is 0 Å². The van der Waals surface area contributed by atoms with Crippen LogP contribution in [0.3, 0.4) is 0 Å². The molecule has 0 bridgehead atoms. The fraction of sp³-hybridized carbons (Fsp3) is 0.0909. The van der Waals surface area contributed by atoms with E-state index in [1.807, 2.05) is 0 Å². The van der Waals surface area contributed by atoms with Gasteiger partial charge < -0.3 is 0 Å². The standard InChI is InChI=1S/C11H9FN2O2.ClH/c1-7-6-14(11(16)13-10(7)15)9-4-2-8(12)3-5-9;/h2-6H,1H3,(H,13,15,16);1H. The SMILES string of the molecule is Cc1cn(-c2ccc(F)cc2)c(=O)[nH]c1=O.Cl. The normalized spacial score (nSPS) is 9.76. The van der Waals surface area contributed by atoms with Gasteiger partial charge in [-0.3, -0.25) is 14.3 Å². The third kappa shape index (κ3) is 2.62. The predicted molar refractivity (Wildman–Crippen MR) is 64.6 cm³/mol. The predicted octanol–water partition coefficient (Wildman–Crippen LogP) is 1.40. The van der Waals surface area contributed by atoms with Crippen LogP contribution in [0.1, 0.15) is 5.56 Å². The Balaban J connectivity index is 0.00000144. The Kier molecular flexibility index (Phi) is 3.85.